The van der Waals surface area contributed by atoms with E-state index in [1.54, 1.807) is 12.4 Å². The summed E-state index contributed by atoms with van der Waals surface area (Å²) in [5, 5.41) is 12.4. The SMILES string of the molecule is CN(CCO)C(C(=O)N1CCNCC1)c1cccnc1. The summed E-state index contributed by atoms with van der Waals surface area (Å²) in [5.41, 5.74) is 0.868. The van der Waals surface area contributed by atoms with E-state index in [4.69, 9.17) is 5.11 Å². The van der Waals surface area contributed by atoms with Crippen LogP contribution in [-0.4, -0.2) is 72.2 Å². The molecule has 1 amide bonds. The summed E-state index contributed by atoms with van der Waals surface area (Å²) in [6, 6.07) is 3.36. The highest BCUT2D eigenvalue weighted by Crippen LogP contribution is 2.21. The number of carbonyl (C=O) groups is 1. The number of amides is 1. The van der Waals surface area contributed by atoms with Crippen molar-refractivity contribution in [3.63, 3.8) is 0 Å². The summed E-state index contributed by atoms with van der Waals surface area (Å²) in [7, 11) is 1.86. The number of hydrogen-bond acceptors (Lipinski definition) is 5. The third kappa shape index (κ3) is 3.53. The number of piperazine rings is 1. The number of carbonyl (C=O) groups excluding carboxylic acids is 1. The van der Waals surface area contributed by atoms with Gasteiger partial charge in [0.25, 0.3) is 0 Å². The molecule has 1 aliphatic rings. The van der Waals surface area contributed by atoms with E-state index in [0.29, 0.717) is 6.54 Å². The van der Waals surface area contributed by atoms with Crippen molar-refractivity contribution in [2.75, 3.05) is 46.4 Å². The average Bonchev–Trinajstić information content (AvgIpc) is 2.50. The van der Waals surface area contributed by atoms with Crippen LogP contribution in [0.3, 0.4) is 0 Å². The molecular weight excluding hydrogens is 256 g/mol. The Morgan fingerprint density at radius 3 is 2.90 bits per heavy atom. The molecule has 0 spiro atoms. The van der Waals surface area contributed by atoms with Crippen molar-refractivity contribution in [2.24, 2.45) is 0 Å². The lowest BCUT2D eigenvalue weighted by Crippen LogP contribution is -2.50. The number of likely N-dealkylation sites (N-methyl/N-ethyl adjacent to an activating group) is 1. The Balaban J connectivity index is 2.19. The average molecular weight is 278 g/mol. The van der Waals surface area contributed by atoms with Gasteiger partial charge in [-0.2, -0.15) is 0 Å². The summed E-state index contributed by atoms with van der Waals surface area (Å²) >= 11 is 0. The van der Waals surface area contributed by atoms with Crippen LogP contribution in [0.5, 0.6) is 0 Å². The zero-order valence-corrected chi connectivity index (χ0v) is 11.8. The molecule has 1 aromatic rings. The van der Waals surface area contributed by atoms with Crippen LogP contribution in [-0.2, 0) is 4.79 Å². The number of nitrogens with zero attached hydrogens (tertiary/aromatic N) is 3. The van der Waals surface area contributed by atoms with Gasteiger partial charge in [-0.1, -0.05) is 6.07 Å². The highest BCUT2D eigenvalue weighted by atomic mass is 16.3. The van der Waals surface area contributed by atoms with E-state index in [2.05, 4.69) is 10.3 Å². The van der Waals surface area contributed by atoms with Crippen LogP contribution in [0.25, 0.3) is 0 Å². The molecule has 0 saturated carbocycles. The van der Waals surface area contributed by atoms with Gasteiger partial charge in [0.05, 0.1) is 6.61 Å². The van der Waals surface area contributed by atoms with Gasteiger partial charge in [0, 0.05) is 45.1 Å². The fourth-order valence-corrected chi connectivity index (χ4v) is 2.47. The van der Waals surface area contributed by atoms with E-state index in [-0.39, 0.29) is 18.6 Å². The van der Waals surface area contributed by atoms with Crippen LogP contribution >= 0.6 is 0 Å². The number of aliphatic hydroxyl groups excluding tert-OH is 1. The van der Waals surface area contributed by atoms with Gasteiger partial charge >= 0.3 is 0 Å². The monoisotopic (exact) mass is 278 g/mol. The Bertz CT molecular complexity index is 420. The zero-order chi connectivity index (χ0) is 14.4. The van der Waals surface area contributed by atoms with Gasteiger partial charge in [-0.05, 0) is 18.7 Å². The molecule has 1 unspecified atom stereocenters. The van der Waals surface area contributed by atoms with Gasteiger partial charge in [-0.3, -0.25) is 14.7 Å². The lowest BCUT2D eigenvalue weighted by atomic mass is 10.1. The Labute approximate surface area is 119 Å². The summed E-state index contributed by atoms with van der Waals surface area (Å²) in [6.07, 6.45) is 3.42. The first-order valence-electron chi connectivity index (χ1n) is 6.94. The van der Waals surface area contributed by atoms with Gasteiger partial charge in [-0.25, -0.2) is 0 Å². The number of hydrogen-bond donors (Lipinski definition) is 2. The molecule has 0 aliphatic carbocycles. The second-order valence-electron chi connectivity index (χ2n) is 4.97. The Hall–Kier alpha value is -1.50. The number of pyridine rings is 1. The number of rotatable bonds is 5. The maximum absolute atomic E-state index is 12.8. The van der Waals surface area contributed by atoms with Crippen molar-refractivity contribution in [3.8, 4) is 0 Å². The van der Waals surface area contributed by atoms with E-state index >= 15 is 0 Å². The van der Waals surface area contributed by atoms with Crippen molar-refractivity contribution in [1.82, 2.24) is 20.1 Å². The first-order valence-corrected chi connectivity index (χ1v) is 6.94. The van der Waals surface area contributed by atoms with Gasteiger partial charge in [-0.15, -0.1) is 0 Å². The minimum atomic E-state index is -0.381. The van der Waals surface area contributed by atoms with Gasteiger partial charge in [0.1, 0.15) is 6.04 Å². The number of nitrogens with one attached hydrogen (secondary N) is 1. The zero-order valence-electron chi connectivity index (χ0n) is 11.8. The summed E-state index contributed by atoms with van der Waals surface area (Å²) in [4.78, 5) is 20.6. The van der Waals surface area contributed by atoms with Crippen LogP contribution < -0.4 is 5.32 Å². The van der Waals surface area contributed by atoms with E-state index in [9.17, 15) is 4.79 Å². The highest BCUT2D eigenvalue weighted by molar-refractivity contribution is 5.83. The molecule has 20 heavy (non-hydrogen) atoms. The second kappa shape index (κ2) is 7.33. The van der Waals surface area contributed by atoms with E-state index in [0.717, 1.165) is 31.7 Å². The molecule has 0 bridgehead atoms. The van der Waals surface area contributed by atoms with E-state index < -0.39 is 0 Å². The van der Waals surface area contributed by atoms with Crippen LogP contribution in [0.2, 0.25) is 0 Å². The quantitative estimate of drug-likeness (QED) is 0.758. The molecule has 6 heteroatoms. The van der Waals surface area contributed by atoms with Crippen molar-refractivity contribution < 1.29 is 9.90 Å². The van der Waals surface area contributed by atoms with Crippen LogP contribution in [0.1, 0.15) is 11.6 Å². The van der Waals surface area contributed by atoms with Crippen molar-refractivity contribution >= 4 is 5.91 Å². The molecular formula is C14H22N4O2. The maximum atomic E-state index is 12.8. The van der Waals surface area contributed by atoms with Crippen molar-refractivity contribution in [1.29, 1.82) is 0 Å². The van der Waals surface area contributed by atoms with Crippen molar-refractivity contribution in [3.05, 3.63) is 30.1 Å². The second-order valence-corrected chi connectivity index (χ2v) is 4.97. The fraction of sp³-hybridized carbons (Fsp3) is 0.571. The van der Waals surface area contributed by atoms with Crippen LogP contribution in [0.15, 0.2) is 24.5 Å². The summed E-state index contributed by atoms with van der Waals surface area (Å²) in [6.45, 7) is 3.59. The molecule has 1 aliphatic heterocycles. The minimum Gasteiger partial charge on any atom is -0.395 e. The highest BCUT2D eigenvalue weighted by Gasteiger charge is 2.29. The molecule has 0 radical (unpaired) electrons. The van der Waals surface area contributed by atoms with E-state index in [1.165, 1.54) is 0 Å². The molecule has 2 N–H and O–H groups in total. The largest absolute Gasteiger partial charge is 0.395 e. The number of aliphatic hydroxyl groups is 1. The molecule has 0 aromatic carbocycles. The Morgan fingerprint density at radius 1 is 1.55 bits per heavy atom. The smallest absolute Gasteiger partial charge is 0.244 e. The minimum absolute atomic E-state index is 0.0299. The van der Waals surface area contributed by atoms with Crippen molar-refractivity contribution in [2.45, 2.75) is 6.04 Å². The molecule has 1 atom stereocenters. The molecule has 110 valence electrons. The van der Waals surface area contributed by atoms with Gasteiger partial charge in [0.2, 0.25) is 5.91 Å². The summed E-state index contributed by atoms with van der Waals surface area (Å²) in [5.74, 6) is 0.0791. The first-order chi connectivity index (χ1) is 9.74. The lowest BCUT2D eigenvalue weighted by molar-refractivity contribution is -0.137. The standard InChI is InChI=1S/C14H22N4O2/c1-17(9-10-19)13(12-3-2-4-16-11-12)14(20)18-7-5-15-6-8-18/h2-4,11,13,15,19H,5-10H2,1H3. The predicted molar refractivity (Wildman–Crippen MR) is 76.1 cm³/mol. The molecule has 2 heterocycles. The molecule has 1 aromatic heterocycles. The Kier molecular flexibility index (Phi) is 5.46. The third-order valence-electron chi connectivity index (χ3n) is 3.56. The predicted octanol–water partition coefficient (Wildman–Crippen LogP) is -0.521. The number of aromatic nitrogens is 1. The molecule has 1 fully saturated rings. The molecule has 6 nitrogen and oxygen atoms in total. The third-order valence-corrected chi connectivity index (χ3v) is 3.56. The van der Waals surface area contributed by atoms with E-state index in [1.807, 2.05) is 29.0 Å². The van der Waals surface area contributed by atoms with Gasteiger partial charge in [0.15, 0.2) is 0 Å². The fourth-order valence-electron chi connectivity index (χ4n) is 2.47. The maximum Gasteiger partial charge on any atom is 0.244 e. The molecule has 1 saturated heterocycles. The van der Waals surface area contributed by atoms with Gasteiger partial charge < -0.3 is 15.3 Å². The topological polar surface area (TPSA) is 68.7 Å². The van der Waals surface area contributed by atoms with Crippen LogP contribution in [0.4, 0.5) is 0 Å². The summed E-state index contributed by atoms with van der Waals surface area (Å²) < 4.78 is 0. The van der Waals surface area contributed by atoms with Crippen LogP contribution in [0, 0.1) is 0 Å². The lowest BCUT2D eigenvalue weighted by Gasteiger charge is -2.34. The first kappa shape index (κ1) is 14.9. The molecule has 2 rings (SSSR count). The Morgan fingerprint density at radius 2 is 2.30 bits per heavy atom. The normalized spacial score (nSPS) is 17.2.